The number of halogens is 1. The number of anilines is 1. The average molecular weight is 350 g/mol. The minimum absolute atomic E-state index is 0.186. The Hall–Kier alpha value is -3.06. The second-order valence-electron chi connectivity index (χ2n) is 4.67. The molecule has 0 unspecified atom stereocenters. The van der Waals surface area contributed by atoms with Gasteiger partial charge < -0.3 is 20.3 Å². The molecule has 0 radical (unpaired) electrons. The lowest BCUT2D eigenvalue weighted by Crippen LogP contribution is -2.17. The number of carboxylic acids is 2. The smallest absolute Gasteiger partial charge is 0.336 e. The van der Waals surface area contributed by atoms with Crippen molar-refractivity contribution >= 4 is 35.1 Å². The molecule has 2 rings (SSSR count). The van der Waals surface area contributed by atoms with E-state index in [1.54, 1.807) is 12.1 Å². The van der Waals surface area contributed by atoms with Gasteiger partial charge in [0.2, 0.25) is 0 Å². The summed E-state index contributed by atoms with van der Waals surface area (Å²) >= 11 is 5.87. The van der Waals surface area contributed by atoms with Crippen LogP contribution in [0.1, 0.15) is 31.1 Å². The fourth-order valence-corrected chi connectivity index (χ4v) is 2.19. The number of carbonyl (C=O) groups is 3. The molecule has 0 saturated heterocycles. The third-order valence-corrected chi connectivity index (χ3v) is 3.39. The Balaban J connectivity index is 2.42. The van der Waals surface area contributed by atoms with Gasteiger partial charge in [0.25, 0.3) is 5.91 Å². The first kappa shape index (κ1) is 17.3. The number of benzene rings is 2. The van der Waals surface area contributed by atoms with Crippen LogP contribution in [-0.4, -0.2) is 35.2 Å². The largest absolute Gasteiger partial charge is 0.495 e. The molecule has 0 aliphatic carbocycles. The molecule has 0 atom stereocenters. The molecule has 0 heterocycles. The van der Waals surface area contributed by atoms with Crippen molar-refractivity contribution in [1.29, 1.82) is 0 Å². The van der Waals surface area contributed by atoms with Gasteiger partial charge in [-0.15, -0.1) is 0 Å². The van der Waals surface area contributed by atoms with E-state index < -0.39 is 23.4 Å². The minimum atomic E-state index is -1.42. The summed E-state index contributed by atoms with van der Waals surface area (Å²) in [6, 6.07) is 7.78. The van der Waals surface area contributed by atoms with E-state index in [0.29, 0.717) is 10.8 Å². The van der Waals surface area contributed by atoms with Crippen LogP contribution in [-0.2, 0) is 0 Å². The molecule has 0 spiro atoms. The van der Waals surface area contributed by atoms with Crippen LogP contribution < -0.4 is 10.1 Å². The van der Waals surface area contributed by atoms with E-state index >= 15 is 0 Å². The van der Waals surface area contributed by atoms with E-state index in [2.05, 4.69) is 5.32 Å². The number of rotatable bonds is 5. The summed E-state index contributed by atoms with van der Waals surface area (Å²) in [4.78, 5) is 34.6. The van der Waals surface area contributed by atoms with Crippen LogP contribution in [0.3, 0.4) is 0 Å². The number of methoxy groups -OCH3 is 1. The predicted octanol–water partition coefficient (Wildman–Crippen LogP) is 3.00. The van der Waals surface area contributed by atoms with Crippen molar-refractivity contribution in [3.63, 3.8) is 0 Å². The van der Waals surface area contributed by atoms with Gasteiger partial charge in [0, 0.05) is 5.02 Å². The molecular weight excluding hydrogens is 338 g/mol. The first-order valence-electron chi connectivity index (χ1n) is 6.59. The van der Waals surface area contributed by atoms with Gasteiger partial charge in [-0.2, -0.15) is 0 Å². The van der Waals surface area contributed by atoms with Crippen LogP contribution in [0.15, 0.2) is 36.4 Å². The SMILES string of the molecule is COc1ccc(Cl)cc1NC(=O)c1ccc(C(=O)O)cc1C(=O)O. The zero-order chi connectivity index (χ0) is 17.9. The van der Waals surface area contributed by atoms with Crippen LogP contribution in [0, 0.1) is 0 Å². The maximum atomic E-state index is 12.4. The van der Waals surface area contributed by atoms with Crippen molar-refractivity contribution in [3.05, 3.63) is 58.1 Å². The Morgan fingerprint density at radius 3 is 2.29 bits per heavy atom. The van der Waals surface area contributed by atoms with Crippen LogP contribution in [0.25, 0.3) is 0 Å². The van der Waals surface area contributed by atoms with Crippen LogP contribution in [0.5, 0.6) is 5.75 Å². The van der Waals surface area contributed by atoms with Gasteiger partial charge in [-0.05, 0) is 36.4 Å². The molecule has 0 saturated carbocycles. The Bertz CT molecular complexity index is 833. The van der Waals surface area contributed by atoms with Gasteiger partial charge in [-0.25, -0.2) is 9.59 Å². The standard InChI is InChI=1S/C16H12ClNO6/c1-24-13-5-3-9(17)7-12(13)18-14(19)10-4-2-8(15(20)21)6-11(10)16(22)23/h2-7H,1H3,(H,18,19)(H,20,21)(H,22,23). The first-order chi connectivity index (χ1) is 11.3. The fraction of sp³-hybridized carbons (Fsp3) is 0.0625. The maximum Gasteiger partial charge on any atom is 0.336 e. The van der Waals surface area contributed by atoms with Gasteiger partial charge in [0.05, 0.1) is 29.5 Å². The molecule has 0 aliphatic rings. The fourth-order valence-electron chi connectivity index (χ4n) is 2.02. The number of carboxylic acid groups (broad SMARTS) is 2. The number of nitrogens with one attached hydrogen (secondary N) is 1. The highest BCUT2D eigenvalue weighted by molar-refractivity contribution is 6.31. The lowest BCUT2D eigenvalue weighted by molar-refractivity contribution is 0.0692. The lowest BCUT2D eigenvalue weighted by atomic mass is 10.0. The number of aromatic carboxylic acids is 2. The predicted molar refractivity (Wildman–Crippen MR) is 86.3 cm³/mol. The highest BCUT2D eigenvalue weighted by atomic mass is 35.5. The molecule has 124 valence electrons. The third kappa shape index (κ3) is 3.64. The molecule has 2 aromatic carbocycles. The molecule has 0 bridgehead atoms. The number of ether oxygens (including phenoxy) is 1. The normalized spacial score (nSPS) is 10.1. The summed E-state index contributed by atoms with van der Waals surface area (Å²) in [6.07, 6.45) is 0. The van der Waals surface area contributed by atoms with E-state index in [9.17, 15) is 19.5 Å². The van der Waals surface area contributed by atoms with Crippen LogP contribution >= 0.6 is 11.6 Å². The van der Waals surface area contributed by atoms with Crippen molar-refractivity contribution in [2.24, 2.45) is 0 Å². The molecule has 0 fully saturated rings. The van der Waals surface area contributed by atoms with Crippen molar-refractivity contribution in [2.75, 3.05) is 12.4 Å². The summed E-state index contributed by atoms with van der Waals surface area (Å²) in [6.45, 7) is 0. The van der Waals surface area contributed by atoms with Gasteiger partial charge in [-0.1, -0.05) is 11.6 Å². The highest BCUT2D eigenvalue weighted by Crippen LogP contribution is 2.28. The Kier molecular flexibility index (Phi) is 5.05. The quantitative estimate of drug-likeness (QED) is 0.764. The third-order valence-electron chi connectivity index (χ3n) is 3.15. The zero-order valence-corrected chi connectivity index (χ0v) is 13.1. The monoisotopic (exact) mass is 349 g/mol. The van der Waals surface area contributed by atoms with Crippen LogP contribution in [0.4, 0.5) is 5.69 Å². The zero-order valence-electron chi connectivity index (χ0n) is 12.4. The summed E-state index contributed by atoms with van der Waals surface area (Å²) in [5.74, 6) is -3.10. The highest BCUT2D eigenvalue weighted by Gasteiger charge is 2.20. The molecule has 24 heavy (non-hydrogen) atoms. The second kappa shape index (κ2) is 7.01. The van der Waals surface area contributed by atoms with E-state index in [4.69, 9.17) is 21.4 Å². The molecule has 1 amide bonds. The van der Waals surface area contributed by atoms with Crippen molar-refractivity contribution in [2.45, 2.75) is 0 Å². The molecule has 3 N–H and O–H groups in total. The molecule has 7 nitrogen and oxygen atoms in total. The maximum absolute atomic E-state index is 12.4. The Morgan fingerprint density at radius 2 is 1.71 bits per heavy atom. The number of hydrogen-bond donors (Lipinski definition) is 3. The number of hydrogen-bond acceptors (Lipinski definition) is 4. The summed E-state index contributed by atoms with van der Waals surface area (Å²) < 4.78 is 5.10. The Morgan fingerprint density at radius 1 is 1.00 bits per heavy atom. The molecule has 2 aromatic rings. The minimum Gasteiger partial charge on any atom is -0.495 e. The van der Waals surface area contributed by atoms with E-state index in [0.717, 1.165) is 18.2 Å². The van der Waals surface area contributed by atoms with E-state index in [1.165, 1.54) is 13.2 Å². The summed E-state index contributed by atoms with van der Waals surface area (Å²) in [5.41, 5.74) is -0.583. The van der Waals surface area contributed by atoms with Gasteiger partial charge in [0.1, 0.15) is 5.75 Å². The molecule has 0 aliphatic heterocycles. The van der Waals surface area contributed by atoms with Crippen LogP contribution in [0.2, 0.25) is 5.02 Å². The van der Waals surface area contributed by atoms with Crippen molar-refractivity contribution in [3.8, 4) is 5.75 Å². The van der Waals surface area contributed by atoms with E-state index in [1.807, 2.05) is 0 Å². The number of carbonyl (C=O) groups excluding carboxylic acids is 1. The van der Waals surface area contributed by atoms with Gasteiger partial charge >= 0.3 is 11.9 Å². The number of amides is 1. The second-order valence-corrected chi connectivity index (χ2v) is 5.11. The lowest BCUT2D eigenvalue weighted by Gasteiger charge is -2.12. The van der Waals surface area contributed by atoms with Crippen molar-refractivity contribution < 1.29 is 29.3 Å². The topological polar surface area (TPSA) is 113 Å². The molecular formula is C16H12ClNO6. The average Bonchev–Trinajstić information content (AvgIpc) is 2.54. The molecule has 0 aromatic heterocycles. The summed E-state index contributed by atoms with van der Waals surface area (Å²) in [7, 11) is 1.41. The first-order valence-corrected chi connectivity index (χ1v) is 6.96. The Labute approximate surface area is 141 Å². The van der Waals surface area contributed by atoms with Gasteiger partial charge in [0.15, 0.2) is 0 Å². The van der Waals surface area contributed by atoms with Gasteiger partial charge in [-0.3, -0.25) is 4.79 Å². The van der Waals surface area contributed by atoms with E-state index in [-0.39, 0.29) is 16.8 Å². The van der Waals surface area contributed by atoms with Crippen molar-refractivity contribution in [1.82, 2.24) is 0 Å². The summed E-state index contributed by atoms with van der Waals surface area (Å²) in [5, 5.41) is 21.0. The molecule has 8 heteroatoms.